The first kappa shape index (κ1) is 34.5. The molecule has 3 aliphatic rings. The lowest BCUT2D eigenvalue weighted by Gasteiger charge is -2.39. The summed E-state index contributed by atoms with van der Waals surface area (Å²) in [5.74, 6) is 0.388. The number of amides is 1. The number of carboxylic acid groups (broad SMARTS) is 1. The van der Waals surface area contributed by atoms with Crippen LogP contribution < -0.4 is 14.5 Å². The van der Waals surface area contributed by atoms with Crippen LogP contribution in [0.25, 0.3) is 0 Å². The number of anilines is 2. The van der Waals surface area contributed by atoms with Gasteiger partial charge in [0, 0.05) is 56.7 Å². The zero-order chi connectivity index (χ0) is 34.5. The van der Waals surface area contributed by atoms with Crippen LogP contribution in [-0.4, -0.2) is 88.5 Å². The van der Waals surface area contributed by atoms with Crippen molar-refractivity contribution in [3.8, 4) is 11.6 Å². The van der Waals surface area contributed by atoms with E-state index in [1.54, 1.807) is 47.6 Å². The third kappa shape index (κ3) is 9.00. The summed E-state index contributed by atoms with van der Waals surface area (Å²) in [6.45, 7) is 1.13. The molecular weight excluding hydrogens is 639 g/mol. The largest absolute Gasteiger partial charge is 0.508 e. The van der Waals surface area contributed by atoms with E-state index in [2.05, 4.69) is 14.9 Å². The first-order chi connectivity index (χ1) is 23.5. The highest BCUT2D eigenvalue weighted by atomic mass is 19.4. The highest BCUT2D eigenvalue weighted by molar-refractivity contribution is 6.10. The number of piperidine rings is 2. The summed E-state index contributed by atoms with van der Waals surface area (Å²) < 4.78 is 45.2. The van der Waals surface area contributed by atoms with Gasteiger partial charge in [-0.25, -0.2) is 9.97 Å². The molecule has 49 heavy (non-hydrogen) atoms. The van der Waals surface area contributed by atoms with Crippen LogP contribution in [0.2, 0.25) is 0 Å². The molecular formula is C36H42F3N5O5. The van der Waals surface area contributed by atoms with Crippen LogP contribution in [0.5, 0.6) is 11.6 Å². The summed E-state index contributed by atoms with van der Waals surface area (Å²) in [6.07, 6.45) is 3.42. The van der Waals surface area contributed by atoms with Gasteiger partial charge in [0.05, 0.1) is 30.8 Å². The van der Waals surface area contributed by atoms with Gasteiger partial charge in [0.15, 0.2) is 0 Å². The lowest BCUT2D eigenvalue weighted by molar-refractivity contribution is -0.148. The molecule has 0 radical (unpaired) electrons. The van der Waals surface area contributed by atoms with E-state index in [9.17, 15) is 33.0 Å². The number of pyridine rings is 2. The maximum Gasteiger partial charge on any atom is 0.401 e. The molecule has 4 heterocycles. The van der Waals surface area contributed by atoms with Crippen LogP contribution in [-0.2, 0) is 4.79 Å². The molecule has 1 amide bonds. The molecule has 2 N–H and O–H groups in total. The number of hydrogen-bond acceptors (Lipinski definition) is 8. The molecule has 262 valence electrons. The number of rotatable bonds is 12. The van der Waals surface area contributed by atoms with Crippen LogP contribution >= 0.6 is 0 Å². The van der Waals surface area contributed by atoms with Gasteiger partial charge in [-0.15, -0.1) is 0 Å². The van der Waals surface area contributed by atoms with E-state index in [-0.39, 0.29) is 49.0 Å². The first-order valence-electron chi connectivity index (χ1n) is 17.0. The molecule has 1 unspecified atom stereocenters. The molecule has 3 aromatic rings. The summed E-state index contributed by atoms with van der Waals surface area (Å²) in [5.41, 5.74) is 1.93. The van der Waals surface area contributed by atoms with E-state index in [1.165, 1.54) is 11.0 Å². The number of aliphatic carboxylic acids is 1. The summed E-state index contributed by atoms with van der Waals surface area (Å²) in [6, 6.07) is 13.3. The Morgan fingerprint density at radius 1 is 0.939 bits per heavy atom. The second kappa shape index (κ2) is 15.0. The predicted molar refractivity (Wildman–Crippen MR) is 177 cm³/mol. The van der Waals surface area contributed by atoms with E-state index in [4.69, 9.17) is 4.74 Å². The Labute approximate surface area is 283 Å². The standard InChI is InChI=1S/C36H42F3N5O5/c37-36(38,39)23-42-15-11-27(12-16-42)44(32-3-1-2-13-40-32)35(48)29-7-6-28(45)20-31(29)43-17-9-24(10-18-43)22-49-33-19-26(8-14-41-33)30(21-34(46)47)25-4-5-25/h1-3,6-8,13-14,19-20,24-25,27,30,45H,4-5,9-12,15-18,21-23H2,(H,46,47). The Bertz CT molecular complexity index is 1590. The number of carbonyl (C=O) groups excluding carboxylic acids is 1. The highest BCUT2D eigenvalue weighted by Crippen LogP contribution is 2.45. The number of halogens is 3. The lowest BCUT2D eigenvalue weighted by Crippen LogP contribution is -2.50. The van der Waals surface area contributed by atoms with Gasteiger partial charge in [0.1, 0.15) is 11.6 Å². The van der Waals surface area contributed by atoms with Gasteiger partial charge in [0.2, 0.25) is 5.88 Å². The van der Waals surface area contributed by atoms with E-state index in [0.717, 1.165) is 31.2 Å². The van der Waals surface area contributed by atoms with Crippen molar-refractivity contribution >= 4 is 23.4 Å². The number of nitrogens with zero attached hydrogens (tertiary/aromatic N) is 5. The fourth-order valence-corrected chi connectivity index (χ4v) is 7.16. The zero-order valence-electron chi connectivity index (χ0n) is 27.3. The van der Waals surface area contributed by atoms with Crippen molar-refractivity contribution in [3.63, 3.8) is 0 Å². The van der Waals surface area contributed by atoms with Gasteiger partial charge >= 0.3 is 12.1 Å². The third-order valence-electron chi connectivity index (χ3n) is 9.85. The highest BCUT2D eigenvalue weighted by Gasteiger charge is 2.37. The Hall–Kier alpha value is -4.39. The number of benzene rings is 1. The Morgan fingerprint density at radius 2 is 1.69 bits per heavy atom. The van der Waals surface area contributed by atoms with Crippen molar-refractivity contribution in [2.24, 2.45) is 11.8 Å². The molecule has 0 spiro atoms. The van der Waals surface area contributed by atoms with E-state index >= 15 is 0 Å². The van der Waals surface area contributed by atoms with Gasteiger partial charge in [0.25, 0.3) is 5.91 Å². The molecule has 1 atom stereocenters. The molecule has 2 saturated heterocycles. The Kier molecular flexibility index (Phi) is 10.6. The van der Waals surface area contributed by atoms with E-state index in [0.29, 0.717) is 61.4 Å². The molecule has 6 rings (SSSR count). The van der Waals surface area contributed by atoms with Gasteiger partial charge < -0.3 is 19.8 Å². The average molecular weight is 682 g/mol. The van der Waals surface area contributed by atoms with Crippen molar-refractivity contribution in [1.29, 1.82) is 0 Å². The third-order valence-corrected chi connectivity index (χ3v) is 9.85. The summed E-state index contributed by atoms with van der Waals surface area (Å²) in [7, 11) is 0. The minimum atomic E-state index is -4.28. The smallest absolute Gasteiger partial charge is 0.401 e. The maximum absolute atomic E-state index is 14.4. The molecule has 10 nitrogen and oxygen atoms in total. The number of likely N-dealkylation sites (tertiary alicyclic amines) is 1. The lowest BCUT2D eigenvalue weighted by atomic mass is 9.92. The van der Waals surface area contributed by atoms with Gasteiger partial charge in [-0.05, 0) is 92.2 Å². The predicted octanol–water partition coefficient (Wildman–Crippen LogP) is 6.12. The molecule has 2 aromatic heterocycles. The molecule has 1 saturated carbocycles. The van der Waals surface area contributed by atoms with Crippen LogP contribution in [0.4, 0.5) is 24.7 Å². The zero-order valence-corrected chi connectivity index (χ0v) is 27.3. The number of aromatic nitrogens is 2. The molecule has 1 aliphatic carbocycles. The SMILES string of the molecule is O=C(O)CC(c1ccnc(OCC2CCN(c3cc(O)ccc3C(=O)N(c3ccccn3)C3CCN(CC(F)(F)F)CC3)CC2)c1)C1CC1. The van der Waals surface area contributed by atoms with Gasteiger partial charge in [-0.2, -0.15) is 13.2 Å². The van der Waals surface area contributed by atoms with Crippen LogP contribution in [0.1, 0.15) is 66.8 Å². The van der Waals surface area contributed by atoms with Crippen molar-refractivity contribution in [2.45, 2.75) is 63.1 Å². The molecule has 3 fully saturated rings. The molecule has 0 bridgehead atoms. The normalized spacial score (nSPS) is 18.6. The van der Waals surface area contributed by atoms with Crippen molar-refractivity contribution in [3.05, 3.63) is 72.1 Å². The Balaban J connectivity index is 1.12. The number of carbonyl (C=O) groups is 2. The first-order valence-corrected chi connectivity index (χ1v) is 17.0. The van der Waals surface area contributed by atoms with Crippen LogP contribution in [0.15, 0.2) is 60.9 Å². The van der Waals surface area contributed by atoms with Crippen LogP contribution in [0, 0.1) is 11.8 Å². The van der Waals surface area contributed by atoms with Gasteiger partial charge in [-0.3, -0.25) is 19.4 Å². The second-order valence-electron chi connectivity index (χ2n) is 13.4. The number of phenolic OH excluding ortho intramolecular Hbond substituents is 1. The fourth-order valence-electron chi connectivity index (χ4n) is 7.16. The summed E-state index contributed by atoms with van der Waals surface area (Å²) >= 11 is 0. The van der Waals surface area contributed by atoms with Crippen molar-refractivity contribution in [2.75, 3.05) is 49.1 Å². The number of carboxylic acids is 1. The van der Waals surface area contributed by atoms with Crippen LogP contribution in [0.3, 0.4) is 0 Å². The number of alkyl halides is 3. The molecule has 2 aliphatic heterocycles. The number of phenols is 1. The molecule has 13 heteroatoms. The minimum absolute atomic E-state index is 0.0280. The summed E-state index contributed by atoms with van der Waals surface area (Å²) in [5, 5.41) is 19.9. The minimum Gasteiger partial charge on any atom is -0.508 e. The Morgan fingerprint density at radius 3 is 2.35 bits per heavy atom. The number of ether oxygens (including phenoxy) is 1. The second-order valence-corrected chi connectivity index (χ2v) is 13.4. The quantitative estimate of drug-likeness (QED) is 0.233. The average Bonchev–Trinajstić information content (AvgIpc) is 3.93. The van der Waals surface area contributed by atoms with E-state index in [1.807, 2.05) is 12.1 Å². The number of hydrogen-bond donors (Lipinski definition) is 2. The maximum atomic E-state index is 14.4. The van der Waals surface area contributed by atoms with Crippen molar-refractivity contribution < 1.29 is 37.7 Å². The fraction of sp³-hybridized carbons (Fsp3) is 0.500. The summed E-state index contributed by atoms with van der Waals surface area (Å²) in [4.78, 5) is 39.6. The van der Waals surface area contributed by atoms with Gasteiger partial charge in [-0.1, -0.05) is 6.07 Å². The number of aromatic hydroxyl groups is 1. The van der Waals surface area contributed by atoms with E-state index < -0.39 is 18.7 Å². The van der Waals surface area contributed by atoms with Crippen molar-refractivity contribution in [1.82, 2.24) is 14.9 Å². The molecule has 1 aromatic carbocycles. The topological polar surface area (TPSA) is 119 Å². The monoisotopic (exact) mass is 681 g/mol.